The molecule has 1 saturated heterocycles. The highest BCUT2D eigenvalue weighted by molar-refractivity contribution is 9.10. The van der Waals surface area contributed by atoms with E-state index in [1.165, 1.54) is 33.0 Å². The van der Waals surface area contributed by atoms with Crippen LogP contribution in [0.15, 0.2) is 28.1 Å². The molecule has 18 heavy (non-hydrogen) atoms. The zero-order chi connectivity index (χ0) is 12.5. The van der Waals surface area contributed by atoms with E-state index in [0.717, 1.165) is 13.0 Å². The number of benzene rings is 1. The van der Waals surface area contributed by atoms with Crippen molar-refractivity contribution in [3.8, 4) is 0 Å². The third-order valence-corrected chi connectivity index (χ3v) is 6.25. The highest BCUT2D eigenvalue weighted by atomic mass is 79.9. The van der Waals surface area contributed by atoms with E-state index in [0.29, 0.717) is 10.9 Å². The van der Waals surface area contributed by atoms with Gasteiger partial charge in [0.05, 0.1) is 6.10 Å². The topological polar surface area (TPSA) is 9.23 Å². The molecule has 0 amide bonds. The fourth-order valence-corrected chi connectivity index (χ4v) is 5.12. The molecule has 1 aromatic carbocycles. The zero-order valence-corrected chi connectivity index (χ0v) is 13.9. The van der Waals surface area contributed by atoms with E-state index in [4.69, 9.17) is 4.74 Å². The number of halogens is 2. The average molecular weight is 390 g/mol. The summed E-state index contributed by atoms with van der Waals surface area (Å²) in [5, 5.41) is 3.62. The first kappa shape index (κ1) is 13.1. The van der Waals surface area contributed by atoms with Crippen LogP contribution in [0.3, 0.4) is 0 Å². The van der Waals surface area contributed by atoms with Crippen molar-refractivity contribution in [1.29, 1.82) is 0 Å². The second kappa shape index (κ2) is 5.61. The number of alkyl halides is 1. The van der Waals surface area contributed by atoms with Gasteiger partial charge in [0.1, 0.15) is 0 Å². The maximum atomic E-state index is 5.72. The fourth-order valence-electron chi connectivity index (χ4n) is 2.47. The van der Waals surface area contributed by atoms with Gasteiger partial charge in [0.15, 0.2) is 0 Å². The molecule has 3 rings (SSSR count). The minimum absolute atomic E-state index is 0.392. The molecule has 1 aromatic heterocycles. The lowest BCUT2D eigenvalue weighted by Crippen LogP contribution is -2.07. The largest absolute Gasteiger partial charge is 0.378 e. The molecule has 4 heteroatoms. The summed E-state index contributed by atoms with van der Waals surface area (Å²) in [5.41, 5.74) is 1.40. The van der Waals surface area contributed by atoms with Crippen LogP contribution in [-0.2, 0) is 4.74 Å². The number of hydrogen-bond donors (Lipinski definition) is 0. The Labute approximate surface area is 128 Å². The normalized spacial score (nSPS) is 21.6. The molecule has 1 aliphatic heterocycles. The highest BCUT2D eigenvalue weighted by Crippen LogP contribution is 2.40. The molecule has 0 radical (unpaired) electrons. The Morgan fingerprint density at radius 3 is 3.11 bits per heavy atom. The molecule has 2 aromatic rings. The van der Waals surface area contributed by atoms with Crippen molar-refractivity contribution < 1.29 is 4.74 Å². The first-order valence-electron chi connectivity index (χ1n) is 6.17. The van der Waals surface area contributed by atoms with Crippen molar-refractivity contribution in [2.24, 2.45) is 0 Å². The van der Waals surface area contributed by atoms with Crippen LogP contribution >= 0.6 is 43.2 Å². The number of rotatable bonds is 3. The smallest absolute Gasteiger partial charge is 0.0589 e. The van der Waals surface area contributed by atoms with Crippen LogP contribution in [0.25, 0.3) is 10.1 Å². The fraction of sp³-hybridized carbons (Fsp3) is 0.429. The summed E-state index contributed by atoms with van der Waals surface area (Å²) in [6.07, 6.45) is 3.91. The van der Waals surface area contributed by atoms with Gasteiger partial charge in [-0.3, -0.25) is 0 Å². The Balaban J connectivity index is 1.86. The zero-order valence-electron chi connectivity index (χ0n) is 9.86. The standard InChI is InChI=1S/C14H14Br2OS/c15-12-5-1-4-10-11(8-18-14(10)12)13(16)7-9-3-2-6-17-9/h1,4-5,8-9,13H,2-3,6-7H2. The first-order valence-corrected chi connectivity index (χ1v) is 8.76. The summed E-state index contributed by atoms with van der Waals surface area (Å²) in [6.45, 7) is 0.931. The summed E-state index contributed by atoms with van der Waals surface area (Å²) >= 11 is 9.26. The second-order valence-corrected chi connectivity index (χ2v) is 7.49. The minimum atomic E-state index is 0.392. The first-order chi connectivity index (χ1) is 8.75. The second-order valence-electron chi connectivity index (χ2n) is 4.65. The maximum Gasteiger partial charge on any atom is 0.0589 e. The monoisotopic (exact) mass is 388 g/mol. The van der Waals surface area contributed by atoms with Crippen molar-refractivity contribution in [2.45, 2.75) is 30.2 Å². The van der Waals surface area contributed by atoms with E-state index in [1.54, 1.807) is 0 Å². The SMILES string of the molecule is Brc1cccc2c(C(Br)CC3CCCO3)csc12. The van der Waals surface area contributed by atoms with Crippen LogP contribution in [0.2, 0.25) is 0 Å². The molecule has 2 heterocycles. The number of fused-ring (bicyclic) bond motifs is 1. The lowest BCUT2D eigenvalue weighted by molar-refractivity contribution is 0.104. The molecule has 0 aliphatic carbocycles. The van der Waals surface area contributed by atoms with Gasteiger partial charge in [-0.1, -0.05) is 28.1 Å². The summed E-state index contributed by atoms with van der Waals surface area (Å²) in [4.78, 5) is 0.392. The van der Waals surface area contributed by atoms with Gasteiger partial charge < -0.3 is 4.74 Å². The van der Waals surface area contributed by atoms with Crippen LogP contribution in [0, 0.1) is 0 Å². The molecule has 2 unspecified atom stereocenters. The van der Waals surface area contributed by atoms with Gasteiger partial charge >= 0.3 is 0 Å². The quantitative estimate of drug-likeness (QED) is 0.614. The predicted molar refractivity (Wildman–Crippen MR) is 84.8 cm³/mol. The van der Waals surface area contributed by atoms with Crippen molar-refractivity contribution in [1.82, 2.24) is 0 Å². The summed E-state index contributed by atoms with van der Waals surface area (Å²) < 4.78 is 8.25. The molecule has 1 fully saturated rings. The molecule has 0 spiro atoms. The van der Waals surface area contributed by atoms with Gasteiger partial charge in [-0.15, -0.1) is 11.3 Å². The van der Waals surface area contributed by atoms with Crippen molar-refractivity contribution >= 4 is 53.3 Å². The van der Waals surface area contributed by atoms with E-state index < -0.39 is 0 Å². The highest BCUT2D eigenvalue weighted by Gasteiger charge is 2.22. The molecule has 1 nitrogen and oxygen atoms in total. The molecule has 0 bridgehead atoms. The van der Waals surface area contributed by atoms with Gasteiger partial charge in [-0.05, 0) is 57.6 Å². The summed E-state index contributed by atoms with van der Waals surface area (Å²) in [5.74, 6) is 0. The van der Waals surface area contributed by atoms with Crippen LogP contribution in [0.5, 0.6) is 0 Å². The molecule has 96 valence electrons. The Hall–Kier alpha value is 0.1000. The average Bonchev–Trinajstić information content (AvgIpc) is 2.98. The maximum absolute atomic E-state index is 5.72. The third-order valence-electron chi connectivity index (χ3n) is 3.41. The Morgan fingerprint density at radius 2 is 2.33 bits per heavy atom. The van der Waals surface area contributed by atoms with Crippen LogP contribution in [0.1, 0.15) is 29.7 Å². The van der Waals surface area contributed by atoms with Crippen molar-refractivity contribution in [2.75, 3.05) is 6.61 Å². The van der Waals surface area contributed by atoms with Crippen molar-refractivity contribution in [3.63, 3.8) is 0 Å². The summed E-state index contributed by atoms with van der Waals surface area (Å²) in [6, 6.07) is 6.41. The molecule has 0 N–H and O–H groups in total. The van der Waals surface area contributed by atoms with E-state index in [1.807, 2.05) is 11.3 Å². The molecular formula is C14H14Br2OS. The lowest BCUT2D eigenvalue weighted by Gasteiger charge is -2.14. The number of thiophene rings is 1. The van der Waals surface area contributed by atoms with Gasteiger partial charge in [0.2, 0.25) is 0 Å². The van der Waals surface area contributed by atoms with Crippen molar-refractivity contribution in [3.05, 3.63) is 33.6 Å². The van der Waals surface area contributed by atoms with Gasteiger partial charge in [0, 0.05) is 20.6 Å². The Kier molecular flexibility index (Phi) is 4.09. The van der Waals surface area contributed by atoms with Gasteiger partial charge in [-0.2, -0.15) is 0 Å². The van der Waals surface area contributed by atoms with Crippen LogP contribution in [-0.4, -0.2) is 12.7 Å². The molecule has 2 atom stereocenters. The van der Waals surface area contributed by atoms with Gasteiger partial charge in [0.25, 0.3) is 0 Å². The van der Waals surface area contributed by atoms with Crippen LogP contribution in [0.4, 0.5) is 0 Å². The lowest BCUT2D eigenvalue weighted by atomic mass is 10.0. The minimum Gasteiger partial charge on any atom is -0.378 e. The van der Waals surface area contributed by atoms with Gasteiger partial charge in [-0.25, -0.2) is 0 Å². The molecule has 1 aliphatic rings. The number of hydrogen-bond acceptors (Lipinski definition) is 2. The van der Waals surface area contributed by atoms with Crippen LogP contribution < -0.4 is 0 Å². The van der Waals surface area contributed by atoms with E-state index in [-0.39, 0.29) is 0 Å². The predicted octanol–water partition coefficient (Wildman–Crippen LogP) is 5.67. The number of ether oxygens (including phenoxy) is 1. The Bertz CT molecular complexity index is 546. The van der Waals surface area contributed by atoms with E-state index in [2.05, 4.69) is 55.4 Å². The van der Waals surface area contributed by atoms with E-state index in [9.17, 15) is 0 Å². The molecule has 0 saturated carbocycles. The Morgan fingerprint density at radius 1 is 1.44 bits per heavy atom. The summed E-state index contributed by atoms with van der Waals surface area (Å²) in [7, 11) is 0. The van der Waals surface area contributed by atoms with E-state index >= 15 is 0 Å². The molecular weight excluding hydrogens is 376 g/mol. The third kappa shape index (κ3) is 2.53.